The van der Waals surface area contributed by atoms with E-state index in [4.69, 9.17) is 4.74 Å². The fourth-order valence-electron chi connectivity index (χ4n) is 4.37. The van der Waals surface area contributed by atoms with Gasteiger partial charge in [0.2, 0.25) is 23.4 Å². The van der Waals surface area contributed by atoms with Crippen LogP contribution in [0.2, 0.25) is 0 Å². The normalized spacial score (nSPS) is 16.8. The van der Waals surface area contributed by atoms with E-state index in [0.717, 1.165) is 0 Å². The second kappa shape index (κ2) is 14.6. The van der Waals surface area contributed by atoms with E-state index in [9.17, 15) is 41.8 Å². The van der Waals surface area contributed by atoms with Crippen LogP contribution in [-0.2, 0) is 19.2 Å². The van der Waals surface area contributed by atoms with Crippen molar-refractivity contribution >= 4 is 29.3 Å². The monoisotopic (exact) mass is 596 g/mol. The number of carbonyl (C=O) groups excluding carboxylic acids is 4. The Morgan fingerprint density at radius 3 is 2.24 bits per heavy atom. The van der Waals surface area contributed by atoms with Gasteiger partial charge in [0, 0.05) is 24.2 Å². The lowest BCUT2D eigenvalue weighted by Crippen LogP contribution is -2.55. The Balaban J connectivity index is 1.75. The van der Waals surface area contributed by atoms with Gasteiger partial charge < -0.3 is 31.1 Å². The van der Waals surface area contributed by atoms with Gasteiger partial charge in [-0.3, -0.25) is 19.2 Å². The summed E-state index contributed by atoms with van der Waals surface area (Å²) >= 11 is 0. The highest BCUT2D eigenvalue weighted by Crippen LogP contribution is 2.27. The summed E-state index contributed by atoms with van der Waals surface area (Å²) in [7, 11) is 0. The summed E-state index contributed by atoms with van der Waals surface area (Å²) in [5.74, 6) is -12.5. The Kier molecular flexibility index (Phi) is 11.2. The smallest absolute Gasteiger partial charge is 0.313 e. The summed E-state index contributed by atoms with van der Waals surface area (Å²) in [4.78, 5) is 50.5. The molecule has 5 N–H and O–H groups in total. The number of aliphatic hydroxyl groups excluding tert-OH is 1. The van der Waals surface area contributed by atoms with E-state index < -0.39 is 77.5 Å². The van der Waals surface area contributed by atoms with Gasteiger partial charge >= 0.3 is 11.8 Å². The number of amides is 4. The van der Waals surface area contributed by atoms with Gasteiger partial charge in [-0.25, -0.2) is 8.78 Å². The number of rotatable bonds is 12. The van der Waals surface area contributed by atoms with Gasteiger partial charge in [-0.15, -0.1) is 0 Å². The van der Waals surface area contributed by atoms with Crippen LogP contribution >= 0.6 is 0 Å². The van der Waals surface area contributed by atoms with Crippen molar-refractivity contribution in [2.75, 3.05) is 18.5 Å². The number of carbonyl (C=O) groups is 4. The minimum atomic E-state index is -1.81. The Morgan fingerprint density at radius 1 is 1.02 bits per heavy atom. The van der Waals surface area contributed by atoms with Crippen molar-refractivity contribution in [1.29, 1.82) is 0 Å². The molecule has 0 bridgehead atoms. The zero-order chi connectivity index (χ0) is 31.0. The van der Waals surface area contributed by atoms with Crippen molar-refractivity contribution in [3.63, 3.8) is 0 Å². The molecule has 1 aliphatic heterocycles. The fourth-order valence-corrected chi connectivity index (χ4v) is 4.37. The highest BCUT2D eigenvalue weighted by Gasteiger charge is 2.34. The number of ether oxygens (including phenoxy) is 1. The first-order valence-corrected chi connectivity index (χ1v) is 13.3. The Labute approximate surface area is 239 Å². The van der Waals surface area contributed by atoms with Gasteiger partial charge in [-0.2, -0.15) is 8.78 Å². The second-order valence-corrected chi connectivity index (χ2v) is 10.3. The third kappa shape index (κ3) is 8.65. The summed E-state index contributed by atoms with van der Waals surface area (Å²) in [5.41, 5.74) is 0.353. The number of hydrogen-bond acceptors (Lipinski definition) is 6. The lowest BCUT2D eigenvalue weighted by atomic mass is 9.94. The number of halogens is 4. The molecule has 1 fully saturated rings. The first-order valence-electron chi connectivity index (χ1n) is 13.3. The number of benzene rings is 2. The standard InChI is InChI=1S/C28H32F4N4O6/c1-14(2)10-20(36-28(41)27(40)34-16-6-4-3-5-7-16)26(39)35-19(11-15-8-9-33-25(15)38)21(37)13-42-24-22(31)17(29)12-18(30)23(24)32/h3-7,12,14-15,19-21,37H,8-11,13H2,1-2H3,(H,33,38)(H,34,40)(H,35,39)(H,36,41)/t15-,19-,20-,21?/m0/s1. The maximum atomic E-state index is 14.1. The zero-order valence-corrected chi connectivity index (χ0v) is 22.9. The third-order valence-electron chi connectivity index (χ3n) is 6.53. The molecule has 14 heteroatoms. The van der Waals surface area contributed by atoms with Gasteiger partial charge in [0.15, 0.2) is 17.4 Å². The Bertz CT molecular complexity index is 1270. The van der Waals surface area contributed by atoms with Crippen molar-refractivity contribution in [3.8, 4) is 5.75 Å². The lowest BCUT2D eigenvalue weighted by Gasteiger charge is -2.29. The quantitative estimate of drug-likeness (QED) is 0.144. The molecule has 2 aromatic carbocycles. The van der Waals surface area contributed by atoms with Gasteiger partial charge in [0.05, 0.1) is 6.04 Å². The predicted molar refractivity (Wildman–Crippen MR) is 142 cm³/mol. The SMILES string of the molecule is CC(C)C[C@H](NC(=O)C(=O)Nc1ccccc1)C(=O)N[C@@H](C[C@@H]1CCNC1=O)C(O)COc1c(F)c(F)cc(F)c1F. The van der Waals surface area contributed by atoms with Gasteiger partial charge in [0.1, 0.15) is 18.8 Å². The van der Waals surface area contributed by atoms with Crippen molar-refractivity contribution < 1.29 is 46.6 Å². The first-order chi connectivity index (χ1) is 19.9. The summed E-state index contributed by atoms with van der Waals surface area (Å²) < 4.78 is 60.1. The van der Waals surface area contributed by atoms with Crippen molar-refractivity contribution in [3.05, 3.63) is 59.7 Å². The van der Waals surface area contributed by atoms with E-state index in [0.29, 0.717) is 18.7 Å². The molecule has 4 amide bonds. The van der Waals surface area contributed by atoms with E-state index in [1.54, 1.807) is 44.2 Å². The van der Waals surface area contributed by atoms with Crippen molar-refractivity contribution in [1.82, 2.24) is 16.0 Å². The van der Waals surface area contributed by atoms with E-state index >= 15 is 0 Å². The molecule has 1 saturated heterocycles. The predicted octanol–water partition coefficient (Wildman–Crippen LogP) is 2.16. The third-order valence-corrected chi connectivity index (χ3v) is 6.53. The lowest BCUT2D eigenvalue weighted by molar-refractivity contribution is -0.138. The molecule has 0 aliphatic carbocycles. The van der Waals surface area contributed by atoms with Crippen LogP contribution in [0.25, 0.3) is 0 Å². The number of hydrogen-bond donors (Lipinski definition) is 5. The van der Waals surface area contributed by atoms with Crippen LogP contribution in [0, 0.1) is 35.1 Å². The molecule has 10 nitrogen and oxygen atoms in total. The van der Waals surface area contributed by atoms with Gasteiger partial charge in [-0.1, -0.05) is 32.0 Å². The van der Waals surface area contributed by atoms with Crippen LogP contribution in [0.4, 0.5) is 23.2 Å². The Morgan fingerprint density at radius 2 is 1.67 bits per heavy atom. The van der Waals surface area contributed by atoms with E-state index in [-0.39, 0.29) is 30.7 Å². The number of anilines is 1. The minimum Gasteiger partial charge on any atom is -0.485 e. The van der Waals surface area contributed by atoms with Crippen molar-refractivity contribution in [2.24, 2.45) is 11.8 Å². The fraction of sp³-hybridized carbons (Fsp3) is 0.429. The second-order valence-electron chi connectivity index (χ2n) is 10.3. The maximum Gasteiger partial charge on any atom is 0.313 e. The topological polar surface area (TPSA) is 146 Å². The van der Waals surface area contributed by atoms with E-state index in [2.05, 4.69) is 21.3 Å². The molecule has 1 heterocycles. The Hall–Kier alpha value is -4.20. The molecule has 0 radical (unpaired) electrons. The van der Waals surface area contributed by atoms with E-state index in [1.807, 2.05) is 0 Å². The summed E-state index contributed by atoms with van der Waals surface area (Å²) in [5, 5.41) is 20.7. The molecule has 228 valence electrons. The first kappa shape index (κ1) is 32.3. The highest BCUT2D eigenvalue weighted by molar-refractivity contribution is 6.40. The molecule has 42 heavy (non-hydrogen) atoms. The van der Waals surface area contributed by atoms with Crippen LogP contribution < -0.4 is 26.0 Å². The molecule has 2 aromatic rings. The largest absolute Gasteiger partial charge is 0.485 e. The molecular formula is C28H32F4N4O6. The molecule has 0 saturated carbocycles. The molecule has 3 rings (SSSR count). The number of para-hydroxylation sites is 1. The summed E-state index contributed by atoms with van der Waals surface area (Å²) in [6.45, 7) is 2.95. The number of nitrogens with one attached hydrogen (secondary N) is 4. The van der Waals surface area contributed by atoms with Crippen molar-refractivity contribution in [2.45, 2.75) is 51.3 Å². The van der Waals surface area contributed by atoms with Gasteiger partial charge in [0.25, 0.3) is 0 Å². The maximum absolute atomic E-state index is 14.1. The van der Waals surface area contributed by atoms with E-state index in [1.165, 1.54) is 0 Å². The molecule has 0 aromatic heterocycles. The summed E-state index contributed by atoms with van der Waals surface area (Å²) in [6, 6.07) is 5.62. The average Bonchev–Trinajstić information content (AvgIpc) is 3.35. The molecule has 4 atom stereocenters. The number of aliphatic hydroxyl groups is 1. The average molecular weight is 597 g/mol. The minimum absolute atomic E-state index is 0.00103. The van der Waals surface area contributed by atoms with Gasteiger partial charge in [-0.05, 0) is 37.3 Å². The molecular weight excluding hydrogens is 564 g/mol. The molecule has 1 aliphatic rings. The van der Waals surface area contributed by atoms with Crippen LogP contribution in [0.3, 0.4) is 0 Å². The highest BCUT2D eigenvalue weighted by atomic mass is 19.2. The van der Waals surface area contributed by atoms with Crippen LogP contribution in [0.5, 0.6) is 5.75 Å². The summed E-state index contributed by atoms with van der Waals surface area (Å²) in [6.07, 6.45) is -1.41. The molecule has 0 spiro atoms. The van der Waals surface area contributed by atoms with Crippen LogP contribution in [0.15, 0.2) is 36.4 Å². The van der Waals surface area contributed by atoms with Crippen LogP contribution in [0.1, 0.15) is 33.1 Å². The molecule has 1 unspecified atom stereocenters. The van der Waals surface area contributed by atoms with Crippen LogP contribution in [-0.4, -0.2) is 60.1 Å². The zero-order valence-electron chi connectivity index (χ0n) is 22.9.